The van der Waals surface area contributed by atoms with Crippen LogP contribution in [0.2, 0.25) is 0 Å². The number of nitrogens with one attached hydrogen (secondary N) is 1. The Morgan fingerprint density at radius 1 is 1.09 bits per heavy atom. The number of nitrogens with two attached hydrogens (primary N) is 1. The first kappa shape index (κ1) is 18.4. The minimum atomic E-state index is -4.09. The summed E-state index contributed by atoms with van der Waals surface area (Å²) in [5.41, 5.74) is 5.92. The molecule has 0 aromatic heterocycles. The molecule has 4 nitrogen and oxygen atoms in total. The van der Waals surface area contributed by atoms with E-state index in [0.717, 1.165) is 32.1 Å². The van der Waals surface area contributed by atoms with E-state index in [1.165, 1.54) is 24.2 Å². The van der Waals surface area contributed by atoms with Gasteiger partial charge in [-0.3, -0.25) is 9.89 Å². The van der Waals surface area contributed by atoms with Crippen molar-refractivity contribution in [2.24, 2.45) is 16.6 Å². The van der Waals surface area contributed by atoms with Crippen molar-refractivity contribution in [1.82, 2.24) is 10.2 Å². The van der Waals surface area contributed by atoms with E-state index in [2.05, 4.69) is 10.3 Å². The minimum Gasteiger partial charge on any atom is -0.370 e. The molecule has 0 aromatic rings. The first-order valence-electron chi connectivity index (χ1n) is 8.78. The van der Waals surface area contributed by atoms with Crippen molar-refractivity contribution >= 4 is 5.96 Å². The lowest BCUT2D eigenvalue weighted by Gasteiger charge is -2.32. The van der Waals surface area contributed by atoms with Crippen molar-refractivity contribution in [1.29, 1.82) is 0 Å². The number of hydrogen-bond donors (Lipinski definition) is 2. The highest BCUT2D eigenvalue weighted by Gasteiger charge is 2.32. The molecule has 2 rings (SSSR count). The van der Waals surface area contributed by atoms with Gasteiger partial charge in [0.15, 0.2) is 5.96 Å². The Hall–Kier alpha value is -0.980. The minimum absolute atomic E-state index is 0.457. The molecular formula is C16H29F3N4. The molecule has 1 saturated carbocycles. The average molecular weight is 334 g/mol. The van der Waals surface area contributed by atoms with E-state index in [9.17, 15) is 13.2 Å². The normalized spacial score (nSPS) is 23.2. The SMILES string of the molecule is NC(=NCCC1CCN(CC(F)(F)F)CC1)NC1CCCCC1. The van der Waals surface area contributed by atoms with Crippen LogP contribution in [0.1, 0.15) is 51.4 Å². The molecule has 134 valence electrons. The second-order valence-corrected chi connectivity index (χ2v) is 6.87. The highest BCUT2D eigenvalue weighted by Crippen LogP contribution is 2.24. The number of nitrogens with zero attached hydrogens (tertiary/aromatic N) is 2. The van der Waals surface area contributed by atoms with Gasteiger partial charge >= 0.3 is 6.18 Å². The van der Waals surface area contributed by atoms with Crippen molar-refractivity contribution in [2.45, 2.75) is 63.6 Å². The van der Waals surface area contributed by atoms with Crippen LogP contribution in [-0.4, -0.2) is 49.3 Å². The molecule has 1 aliphatic carbocycles. The number of rotatable bonds is 5. The van der Waals surface area contributed by atoms with Crippen LogP contribution in [0.3, 0.4) is 0 Å². The van der Waals surface area contributed by atoms with Gasteiger partial charge in [0.1, 0.15) is 0 Å². The van der Waals surface area contributed by atoms with Gasteiger partial charge in [-0.25, -0.2) is 0 Å². The molecule has 0 amide bonds. The quantitative estimate of drug-likeness (QED) is 0.600. The maximum absolute atomic E-state index is 12.3. The van der Waals surface area contributed by atoms with Crippen LogP contribution in [0.4, 0.5) is 13.2 Å². The van der Waals surface area contributed by atoms with Crippen LogP contribution < -0.4 is 11.1 Å². The third-order valence-corrected chi connectivity index (χ3v) is 4.89. The summed E-state index contributed by atoms with van der Waals surface area (Å²) in [4.78, 5) is 5.88. The van der Waals surface area contributed by atoms with Crippen LogP contribution in [0.25, 0.3) is 0 Å². The molecule has 0 aromatic carbocycles. The molecule has 0 atom stereocenters. The van der Waals surface area contributed by atoms with Crippen molar-refractivity contribution in [3.05, 3.63) is 0 Å². The van der Waals surface area contributed by atoms with Gasteiger partial charge in [0.05, 0.1) is 6.54 Å². The van der Waals surface area contributed by atoms with Gasteiger partial charge in [-0.05, 0) is 51.1 Å². The van der Waals surface area contributed by atoms with Crippen LogP contribution in [0.15, 0.2) is 4.99 Å². The lowest BCUT2D eigenvalue weighted by Crippen LogP contribution is -2.41. The Balaban J connectivity index is 1.60. The first-order chi connectivity index (χ1) is 10.9. The van der Waals surface area contributed by atoms with Crippen LogP contribution >= 0.6 is 0 Å². The summed E-state index contributed by atoms with van der Waals surface area (Å²) in [5.74, 6) is 0.983. The number of aliphatic imine (C=N–C) groups is 1. The van der Waals surface area contributed by atoms with Crippen molar-refractivity contribution in [3.63, 3.8) is 0 Å². The van der Waals surface area contributed by atoms with Crippen LogP contribution in [-0.2, 0) is 0 Å². The number of hydrogen-bond acceptors (Lipinski definition) is 2. The molecule has 1 heterocycles. The topological polar surface area (TPSA) is 53.6 Å². The molecule has 23 heavy (non-hydrogen) atoms. The van der Waals surface area contributed by atoms with E-state index < -0.39 is 12.7 Å². The van der Waals surface area contributed by atoms with Crippen molar-refractivity contribution < 1.29 is 13.2 Å². The van der Waals surface area contributed by atoms with Gasteiger partial charge in [0.25, 0.3) is 0 Å². The number of halogens is 3. The van der Waals surface area contributed by atoms with E-state index in [4.69, 9.17) is 5.73 Å². The number of guanidine groups is 1. The molecule has 0 spiro atoms. The molecule has 1 aliphatic heterocycles. The molecular weight excluding hydrogens is 305 g/mol. The zero-order chi connectivity index (χ0) is 16.7. The Morgan fingerprint density at radius 3 is 2.35 bits per heavy atom. The second-order valence-electron chi connectivity index (χ2n) is 6.87. The third-order valence-electron chi connectivity index (χ3n) is 4.89. The fourth-order valence-corrected chi connectivity index (χ4v) is 3.56. The highest BCUT2D eigenvalue weighted by atomic mass is 19.4. The van der Waals surface area contributed by atoms with Crippen molar-refractivity contribution in [3.8, 4) is 0 Å². The number of alkyl halides is 3. The lowest BCUT2D eigenvalue weighted by atomic mass is 9.93. The number of piperidine rings is 1. The summed E-state index contributed by atoms with van der Waals surface area (Å²) in [7, 11) is 0. The summed E-state index contributed by atoms with van der Waals surface area (Å²) in [6, 6.07) is 0.457. The van der Waals surface area contributed by atoms with Gasteiger partial charge in [-0.2, -0.15) is 13.2 Å². The maximum Gasteiger partial charge on any atom is 0.401 e. The van der Waals surface area contributed by atoms with E-state index in [1.54, 1.807) is 0 Å². The fourth-order valence-electron chi connectivity index (χ4n) is 3.56. The van der Waals surface area contributed by atoms with Crippen LogP contribution in [0, 0.1) is 5.92 Å². The van der Waals surface area contributed by atoms with Gasteiger partial charge in [0, 0.05) is 12.6 Å². The zero-order valence-electron chi connectivity index (χ0n) is 13.7. The summed E-state index contributed by atoms with van der Waals surface area (Å²) >= 11 is 0. The van der Waals surface area contributed by atoms with Gasteiger partial charge < -0.3 is 11.1 Å². The zero-order valence-corrected chi connectivity index (χ0v) is 13.7. The molecule has 2 aliphatic rings. The summed E-state index contributed by atoms with van der Waals surface area (Å²) < 4.78 is 37.0. The summed E-state index contributed by atoms with van der Waals surface area (Å²) in [5, 5.41) is 3.28. The Kier molecular flexibility index (Phi) is 6.99. The molecule has 1 saturated heterocycles. The summed E-state index contributed by atoms with van der Waals surface area (Å²) in [6.07, 6.45) is 4.60. The van der Waals surface area contributed by atoms with Gasteiger partial charge in [-0.15, -0.1) is 0 Å². The molecule has 0 unspecified atom stereocenters. The number of likely N-dealkylation sites (tertiary alicyclic amines) is 1. The smallest absolute Gasteiger partial charge is 0.370 e. The molecule has 2 fully saturated rings. The Labute approximate surface area is 136 Å². The largest absolute Gasteiger partial charge is 0.401 e. The Bertz CT molecular complexity index is 370. The first-order valence-corrected chi connectivity index (χ1v) is 8.78. The van der Waals surface area contributed by atoms with E-state index in [1.807, 2.05) is 0 Å². The Morgan fingerprint density at radius 2 is 1.74 bits per heavy atom. The standard InChI is InChI=1S/C16H29F3N4/c17-16(18,19)12-23-10-7-13(8-11-23)6-9-21-15(20)22-14-4-2-1-3-5-14/h13-14H,1-12H2,(H3,20,21,22). The lowest BCUT2D eigenvalue weighted by molar-refractivity contribution is -0.148. The maximum atomic E-state index is 12.3. The van der Waals surface area contributed by atoms with E-state index in [-0.39, 0.29) is 0 Å². The molecule has 0 radical (unpaired) electrons. The third kappa shape index (κ3) is 7.42. The molecule has 3 N–H and O–H groups in total. The van der Waals surface area contributed by atoms with Gasteiger partial charge in [-0.1, -0.05) is 19.3 Å². The van der Waals surface area contributed by atoms with Crippen molar-refractivity contribution in [2.75, 3.05) is 26.2 Å². The van der Waals surface area contributed by atoms with E-state index >= 15 is 0 Å². The fraction of sp³-hybridized carbons (Fsp3) is 0.938. The average Bonchev–Trinajstić information content (AvgIpc) is 2.48. The molecule has 7 heteroatoms. The van der Waals surface area contributed by atoms with E-state index in [0.29, 0.717) is 37.6 Å². The highest BCUT2D eigenvalue weighted by molar-refractivity contribution is 5.78. The summed E-state index contributed by atoms with van der Waals surface area (Å²) in [6.45, 7) is 0.943. The monoisotopic (exact) mass is 334 g/mol. The van der Waals surface area contributed by atoms with Gasteiger partial charge in [0.2, 0.25) is 0 Å². The molecule has 0 bridgehead atoms. The van der Waals surface area contributed by atoms with Crippen LogP contribution in [0.5, 0.6) is 0 Å². The predicted octanol–water partition coefficient (Wildman–Crippen LogP) is 2.89. The predicted molar refractivity (Wildman–Crippen MR) is 86.3 cm³/mol. The second kappa shape index (κ2) is 8.76.